The van der Waals surface area contributed by atoms with Crippen LogP contribution >= 0.6 is 0 Å². The van der Waals surface area contributed by atoms with E-state index in [1.165, 1.54) is 0 Å². The van der Waals surface area contributed by atoms with Crippen molar-refractivity contribution in [3.05, 3.63) is 30.2 Å². The molecule has 2 atom stereocenters. The SMILES string of the molecule is CN=C(NCCc1noc(-c2ccccn2)n1)NC1CCCC(C(=O)NC2CC2)C1. The van der Waals surface area contributed by atoms with Gasteiger partial charge in [0.25, 0.3) is 5.89 Å². The second-order valence-corrected chi connectivity index (χ2v) is 7.97. The molecule has 3 N–H and O–H groups in total. The van der Waals surface area contributed by atoms with E-state index >= 15 is 0 Å². The lowest BCUT2D eigenvalue weighted by Crippen LogP contribution is -2.47. The van der Waals surface area contributed by atoms with Crippen LogP contribution in [0.25, 0.3) is 11.6 Å². The summed E-state index contributed by atoms with van der Waals surface area (Å²) in [5.41, 5.74) is 0.666. The molecule has 0 saturated heterocycles. The highest BCUT2D eigenvalue weighted by Crippen LogP contribution is 2.26. The van der Waals surface area contributed by atoms with E-state index in [2.05, 4.69) is 36.1 Å². The number of nitrogens with zero attached hydrogens (tertiary/aromatic N) is 4. The molecule has 2 heterocycles. The molecule has 2 aromatic heterocycles. The molecule has 0 aliphatic heterocycles. The van der Waals surface area contributed by atoms with Crippen molar-refractivity contribution in [2.45, 2.75) is 57.0 Å². The van der Waals surface area contributed by atoms with Gasteiger partial charge in [0.15, 0.2) is 11.8 Å². The summed E-state index contributed by atoms with van der Waals surface area (Å²) in [6.45, 7) is 0.624. The van der Waals surface area contributed by atoms with E-state index in [-0.39, 0.29) is 17.9 Å². The van der Waals surface area contributed by atoms with Crippen molar-refractivity contribution >= 4 is 11.9 Å². The van der Waals surface area contributed by atoms with E-state index in [1.807, 2.05) is 18.2 Å². The summed E-state index contributed by atoms with van der Waals surface area (Å²) in [5, 5.41) is 13.9. The molecule has 2 unspecified atom stereocenters. The molecule has 4 rings (SSSR count). The summed E-state index contributed by atoms with van der Waals surface area (Å²) in [7, 11) is 1.75. The van der Waals surface area contributed by atoms with Crippen molar-refractivity contribution in [2.24, 2.45) is 10.9 Å². The number of aromatic nitrogens is 3. The number of carbonyl (C=O) groups is 1. The smallest absolute Gasteiger partial charge is 0.276 e. The summed E-state index contributed by atoms with van der Waals surface area (Å²) in [6.07, 6.45) is 8.47. The molecule has 0 radical (unpaired) electrons. The van der Waals surface area contributed by atoms with Gasteiger partial charge in [-0.15, -0.1) is 0 Å². The van der Waals surface area contributed by atoms with Crippen LogP contribution in [-0.4, -0.2) is 52.7 Å². The standard InChI is InChI=1S/C21H29N7O2/c1-22-21(26-16-6-4-5-14(13-16)19(29)25-15-8-9-15)24-12-10-18-27-20(30-28-18)17-7-2-3-11-23-17/h2-3,7,11,14-16H,4-6,8-10,12-13H2,1H3,(H,25,29)(H2,22,24,26). The molecule has 2 aliphatic carbocycles. The molecule has 0 bridgehead atoms. The van der Waals surface area contributed by atoms with Crippen LogP contribution < -0.4 is 16.0 Å². The first-order valence-electron chi connectivity index (χ1n) is 10.7. The second-order valence-electron chi connectivity index (χ2n) is 7.97. The van der Waals surface area contributed by atoms with Crippen molar-refractivity contribution in [1.82, 2.24) is 31.1 Å². The topological polar surface area (TPSA) is 117 Å². The summed E-state index contributed by atoms with van der Waals surface area (Å²) < 4.78 is 5.29. The molecule has 0 spiro atoms. The van der Waals surface area contributed by atoms with E-state index in [9.17, 15) is 4.79 Å². The van der Waals surface area contributed by atoms with Crippen molar-refractivity contribution < 1.29 is 9.32 Å². The molecule has 160 valence electrons. The Morgan fingerprint density at radius 3 is 2.87 bits per heavy atom. The van der Waals surface area contributed by atoms with Gasteiger partial charge < -0.3 is 20.5 Å². The summed E-state index contributed by atoms with van der Waals surface area (Å²) in [6, 6.07) is 6.24. The number of pyridine rings is 1. The highest BCUT2D eigenvalue weighted by molar-refractivity contribution is 5.81. The molecule has 30 heavy (non-hydrogen) atoms. The third-order valence-corrected chi connectivity index (χ3v) is 5.53. The van der Waals surface area contributed by atoms with Crippen molar-refractivity contribution in [1.29, 1.82) is 0 Å². The molecular formula is C21H29N7O2. The average Bonchev–Trinajstić information content (AvgIpc) is 3.47. The molecule has 9 heteroatoms. The monoisotopic (exact) mass is 411 g/mol. The third kappa shape index (κ3) is 5.55. The van der Waals surface area contributed by atoms with Crippen LogP contribution in [-0.2, 0) is 11.2 Å². The van der Waals surface area contributed by atoms with E-state index in [4.69, 9.17) is 4.52 Å². The van der Waals surface area contributed by atoms with Gasteiger partial charge in [-0.05, 0) is 44.2 Å². The van der Waals surface area contributed by atoms with Gasteiger partial charge >= 0.3 is 0 Å². The fourth-order valence-electron chi connectivity index (χ4n) is 3.74. The Bertz CT molecular complexity index is 863. The lowest BCUT2D eigenvalue weighted by atomic mass is 9.85. The Labute approximate surface area is 176 Å². The van der Waals surface area contributed by atoms with Gasteiger partial charge in [0, 0.05) is 44.2 Å². The average molecular weight is 412 g/mol. The minimum absolute atomic E-state index is 0.0966. The van der Waals surface area contributed by atoms with Crippen LogP contribution in [0.3, 0.4) is 0 Å². The summed E-state index contributed by atoms with van der Waals surface area (Å²) in [5.74, 6) is 2.09. The van der Waals surface area contributed by atoms with Gasteiger partial charge in [-0.3, -0.25) is 14.8 Å². The van der Waals surface area contributed by atoms with Crippen LogP contribution in [0.15, 0.2) is 33.9 Å². The maximum atomic E-state index is 12.4. The maximum absolute atomic E-state index is 12.4. The van der Waals surface area contributed by atoms with Gasteiger partial charge in [0.1, 0.15) is 5.69 Å². The zero-order chi connectivity index (χ0) is 20.8. The fourth-order valence-corrected chi connectivity index (χ4v) is 3.74. The molecule has 2 saturated carbocycles. The van der Waals surface area contributed by atoms with Crippen LogP contribution in [0.4, 0.5) is 0 Å². The number of amides is 1. The van der Waals surface area contributed by atoms with E-state index in [1.54, 1.807) is 13.2 Å². The van der Waals surface area contributed by atoms with Crippen molar-refractivity contribution in [3.8, 4) is 11.6 Å². The zero-order valence-electron chi connectivity index (χ0n) is 17.3. The Balaban J connectivity index is 1.22. The second kappa shape index (κ2) is 9.69. The largest absolute Gasteiger partial charge is 0.356 e. The number of guanidine groups is 1. The molecule has 0 aromatic carbocycles. The van der Waals surface area contributed by atoms with Gasteiger partial charge in [-0.1, -0.05) is 17.6 Å². The first kappa shape index (κ1) is 20.3. The molecule has 2 fully saturated rings. The summed E-state index contributed by atoms with van der Waals surface area (Å²) in [4.78, 5) is 25.3. The minimum Gasteiger partial charge on any atom is -0.356 e. The normalized spacial score (nSPS) is 21.8. The first-order chi connectivity index (χ1) is 14.7. The van der Waals surface area contributed by atoms with Gasteiger partial charge in [0.05, 0.1) is 0 Å². The van der Waals surface area contributed by atoms with Crippen LogP contribution in [0.2, 0.25) is 0 Å². The van der Waals surface area contributed by atoms with Crippen LogP contribution in [0.1, 0.15) is 44.3 Å². The number of aliphatic imine (C=N–C) groups is 1. The quantitative estimate of drug-likeness (QED) is 0.469. The minimum atomic E-state index is 0.0966. The van der Waals surface area contributed by atoms with E-state index in [0.29, 0.717) is 36.4 Å². The number of hydrogen-bond donors (Lipinski definition) is 3. The number of rotatable bonds is 7. The van der Waals surface area contributed by atoms with Gasteiger partial charge in [0.2, 0.25) is 5.91 Å². The van der Waals surface area contributed by atoms with E-state index in [0.717, 1.165) is 44.5 Å². The molecular weight excluding hydrogens is 382 g/mol. The first-order valence-corrected chi connectivity index (χ1v) is 10.7. The number of hydrogen-bond acceptors (Lipinski definition) is 6. The fraction of sp³-hybridized carbons (Fsp3) is 0.571. The Kier molecular flexibility index (Phi) is 6.56. The highest BCUT2D eigenvalue weighted by atomic mass is 16.5. The molecule has 9 nitrogen and oxygen atoms in total. The Morgan fingerprint density at radius 2 is 2.10 bits per heavy atom. The van der Waals surface area contributed by atoms with Gasteiger partial charge in [-0.25, -0.2) is 0 Å². The number of nitrogens with one attached hydrogen (secondary N) is 3. The van der Waals surface area contributed by atoms with Crippen molar-refractivity contribution in [2.75, 3.05) is 13.6 Å². The predicted molar refractivity (Wildman–Crippen MR) is 113 cm³/mol. The van der Waals surface area contributed by atoms with Crippen molar-refractivity contribution in [3.63, 3.8) is 0 Å². The third-order valence-electron chi connectivity index (χ3n) is 5.53. The lowest BCUT2D eigenvalue weighted by molar-refractivity contribution is -0.126. The molecule has 2 aliphatic rings. The maximum Gasteiger partial charge on any atom is 0.276 e. The van der Waals surface area contributed by atoms with E-state index < -0.39 is 0 Å². The predicted octanol–water partition coefficient (Wildman–Crippen LogP) is 1.68. The molecule has 1 amide bonds. The Hall–Kier alpha value is -2.97. The van der Waals surface area contributed by atoms with Crippen LogP contribution in [0, 0.1) is 5.92 Å². The highest BCUT2D eigenvalue weighted by Gasteiger charge is 2.31. The summed E-state index contributed by atoms with van der Waals surface area (Å²) >= 11 is 0. The molecule has 2 aromatic rings. The van der Waals surface area contributed by atoms with Gasteiger partial charge in [-0.2, -0.15) is 4.98 Å². The Morgan fingerprint density at radius 1 is 1.20 bits per heavy atom. The number of carbonyl (C=O) groups excluding carboxylic acids is 1. The zero-order valence-corrected chi connectivity index (χ0v) is 17.3. The lowest BCUT2D eigenvalue weighted by Gasteiger charge is -2.30. The van der Waals surface area contributed by atoms with Crippen LogP contribution in [0.5, 0.6) is 0 Å².